The lowest BCUT2D eigenvalue weighted by atomic mass is 10.2. The molecule has 1 aliphatic heterocycles. The van der Waals surface area contributed by atoms with E-state index in [1.807, 2.05) is 11.9 Å². The van der Waals surface area contributed by atoms with E-state index in [1.54, 1.807) is 19.4 Å². The van der Waals surface area contributed by atoms with Crippen molar-refractivity contribution in [2.24, 2.45) is 7.05 Å². The van der Waals surface area contributed by atoms with Gasteiger partial charge in [-0.25, -0.2) is 4.98 Å². The molecule has 1 atom stereocenters. The van der Waals surface area contributed by atoms with Gasteiger partial charge in [-0.05, 0) is 6.42 Å². The van der Waals surface area contributed by atoms with Crippen LogP contribution >= 0.6 is 0 Å². The van der Waals surface area contributed by atoms with Gasteiger partial charge in [0, 0.05) is 26.8 Å². The van der Waals surface area contributed by atoms with Crippen molar-refractivity contribution in [1.29, 1.82) is 0 Å². The SMILES string of the molecule is CN(c1cc(=O)n(C)cn1)C1CCOC1. The van der Waals surface area contributed by atoms with E-state index in [0.29, 0.717) is 18.5 Å². The van der Waals surface area contributed by atoms with Gasteiger partial charge >= 0.3 is 0 Å². The fourth-order valence-corrected chi connectivity index (χ4v) is 1.66. The molecule has 0 saturated carbocycles. The highest BCUT2D eigenvalue weighted by molar-refractivity contribution is 5.37. The molecule has 5 nitrogen and oxygen atoms in total. The first-order valence-electron chi connectivity index (χ1n) is 5.02. The molecular weight excluding hydrogens is 194 g/mol. The Labute approximate surface area is 88.3 Å². The van der Waals surface area contributed by atoms with Gasteiger partial charge in [-0.3, -0.25) is 4.79 Å². The molecule has 1 aromatic heterocycles. The summed E-state index contributed by atoms with van der Waals surface area (Å²) >= 11 is 0. The Hall–Kier alpha value is -1.36. The smallest absolute Gasteiger partial charge is 0.255 e. The van der Waals surface area contributed by atoms with Gasteiger partial charge in [-0.15, -0.1) is 0 Å². The first-order chi connectivity index (χ1) is 7.18. The highest BCUT2D eigenvalue weighted by Crippen LogP contribution is 2.15. The average molecular weight is 209 g/mol. The summed E-state index contributed by atoms with van der Waals surface area (Å²) in [5.74, 6) is 0.716. The fraction of sp³-hybridized carbons (Fsp3) is 0.600. The van der Waals surface area contributed by atoms with E-state index in [0.717, 1.165) is 13.0 Å². The van der Waals surface area contributed by atoms with Crippen molar-refractivity contribution in [1.82, 2.24) is 9.55 Å². The molecule has 82 valence electrons. The molecule has 0 N–H and O–H groups in total. The second kappa shape index (κ2) is 4.02. The molecule has 0 spiro atoms. The lowest BCUT2D eigenvalue weighted by Crippen LogP contribution is -2.33. The van der Waals surface area contributed by atoms with Crippen LogP contribution in [0.3, 0.4) is 0 Å². The second-order valence-corrected chi connectivity index (χ2v) is 3.82. The summed E-state index contributed by atoms with van der Waals surface area (Å²) in [4.78, 5) is 17.6. The Kier molecular flexibility index (Phi) is 2.73. The molecule has 0 radical (unpaired) electrons. The van der Waals surface area contributed by atoms with E-state index in [2.05, 4.69) is 4.98 Å². The zero-order valence-corrected chi connectivity index (χ0v) is 9.01. The van der Waals surface area contributed by atoms with Crippen LogP contribution in [-0.4, -0.2) is 35.9 Å². The molecule has 0 aromatic carbocycles. The summed E-state index contributed by atoms with van der Waals surface area (Å²) in [5.41, 5.74) is -0.0363. The van der Waals surface area contributed by atoms with Crippen LogP contribution in [0.2, 0.25) is 0 Å². The number of anilines is 1. The van der Waals surface area contributed by atoms with E-state index in [4.69, 9.17) is 4.74 Å². The molecule has 2 rings (SSSR count). The summed E-state index contributed by atoms with van der Waals surface area (Å²) in [7, 11) is 3.64. The summed E-state index contributed by atoms with van der Waals surface area (Å²) < 4.78 is 6.76. The number of likely N-dealkylation sites (N-methyl/N-ethyl adjacent to an activating group) is 1. The number of hydrogen-bond donors (Lipinski definition) is 0. The van der Waals surface area contributed by atoms with Crippen molar-refractivity contribution in [3.8, 4) is 0 Å². The maximum absolute atomic E-state index is 11.4. The highest BCUT2D eigenvalue weighted by atomic mass is 16.5. The van der Waals surface area contributed by atoms with E-state index in [9.17, 15) is 4.79 Å². The number of nitrogens with zero attached hydrogens (tertiary/aromatic N) is 3. The van der Waals surface area contributed by atoms with Gasteiger partial charge in [0.25, 0.3) is 5.56 Å². The molecule has 1 saturated heterocycles. The van der Waals surface area contributed by atoms with E-state index < -0.39 is 0 Å². The van der Waals surface area contributed by atoms with Crippen LogP contribution in [0.15, 0.2) is 17.2 Å². The van der Waals surface area contributed by atoms with Gasteiger partial charge in [0.1, 0.15) is 5.82 Å². The number of ether oxygens (including phenoxy) is 1. The van der Waals surface area contributed by atoms with Crippen LogP contribution in [0.4, 0.5) is 5.82 Å². The largest absolute Gasteiger partial charge is 0.379 e. The van der Waals surface area contributed by atoms with Crippen LogP contribution in [0, 0.1) is 0 Å². The lowest BCUT2D eigenvalue weighted by Gasteiger charge is -2.23. The predicted octanol–water partition coefficient (Wildman–Crippen LogP) is 0.00540. The van der Waals surface area contributed by atoms with Crippen LogP contribution in [-0.2, 0) is 11.8 Å². The Morgan fingerprint density at radius 1 is 1.67 bits per heavy atom. The van der Waals surface area contributed by atoms with Crippen LogP contribution < -0.4 is 10.5 Å². The maximum atomic E-state index is 11.4. The summed E-state index contributed by atoms with van der Waals surface area (Å²) in [5, 5.41) is 0. The fourth-order valence-electron chi connectivity index (χ4n) is 1.66. The van der Waals surface area contributed by atoms with Crippen LogP contribution in [0.5, 0.6) is 0 Å². The minimum absolute atomic E-state index is 0.0363. The van der Waals surface area contributed by atoms with E-state index >= 15 is 0 Å². The Bertz CT molecular complexity index is 396. The molecule has 1 unspecified atom stereocenters. The van der Waals surface area contributed by atoms with Crippen molar-refractivity contribution in [3.63, 3.8) is 0 Å². The Morgan fingerprint density at radius 3 is 3.07 bits per heavy atom. The molecular formula is C10H15N3O2. The summed E-state index contributed by atoms with van der Waals surface area (Å²) in [6.45, 7) is 1.51. The van der Waals surface area contributed by atoms with Crippen molar-refractivity contribution in [2.45, 2.75) is 12.5 Å². The molecule has 0 aliphatic carbocycles. The summed E-state index contributed by atoms with van der Waals surface area (Å²) in [6.07, 6.45) is 2.54. The standard InChI is InChI=1S/C10H15N3O2/c1-12-7-11-9(5-10(12)14)13(2)8-3-4-15-6-8/h5,7-8H,3-4,6H2,1-2H3. The minimum Gasteiger partial charge on any atom is -0.379 e. The number of rotatable bonds is 2. The zero-order valence-electron chi connectivity index (χ0n) is 9.01. The van der Waals surface area contributed by atoms with Gasteiger partial charge in [0.05, 0.1) is 19.0 Å². The molecule has 1 aliphatic rings. The van der Waals surface area contributed by atoms with Gasteiger partial charge in [-0.1, -0.05) is 0 Å². The molecule has 2 heterocycles. The lowest BCUT2D eigenvalue weighted by molar-refractivity contribution is 0.193. The van der Waals surface area contributed by atoms with E-state index in [-0.39, 0.29) is 5.56 Å². The van der Waals surface area contributed by atoms with Crippen molar-refractivity contribution in [2.75, 3.05) is 25.2 Å². The molecule has 1 aromatic rings. The maximum Gasteiger partial charge on any atom is 0.255 e. The van der Waals surface area contributed by atoms with Gasteiger partial charge in [-0.2, -0.15) is 0 Å². The van der Waals surface area contributed by atoms with Gasteiger partial charge in [0.15, 0.2) is 0 Å². The van der Waals surface area contributed by atoms with Gasteiger partial charge < -0.3 is 14.2 Å². The van der Waals surface area contributed by atoms with Crippen molar-refractivity contribution < 1.29 is 4.74 Å². The molecule has 5 heteroatoms. The van der Waals surface area contributed by atoms with Crippen LogP contribution in [0.1, 0.15) is 6.42 Å². The summed E-state index contributed by atoms with van der Waals surface area (Å²) in [6, 6.07) is 1.89. The van der Waals surface area contributed by atoms with Crippen LogP contribution in [0.25, 0.3) is 0 Å². The second-order valence-electron chi connectivity index (χ2n) is 3.82. The first kappa shape index (κ1) is 10.2. The first-order valence-corrected chi connectivity index (χ1v) is 5.02. The highest BCUT2D eigenvalue weighted by Gasteiger charge is 2.21. The van der Waals surface area contributed by atoms with Gasteiger partial charge in [0.2, 0.25) is 0 Å². The monoisotopic (exact) mass is 209 g/mol. The van der Waals surface area contributed by atoms with E-state index in [1.165, 1.54) is 4.57 Å². The third kappa shape index (κ3) is 2.02. The number of aromatic nitrogens is 2. The van der Waals surface area contributed by atoms with Crippen molar-refractivity contribution >= 4 is 5.82 Å². The third-order valence-electron chi connectivity index (χ3n) is 2.78. The quantitative estimate of drug-likeness (QED) is 0.688. The molecule has 0 amide bonds. The molecule has 15 heavy (non-hydrogen) atoms. The Morgan fingerprint density at radius 2 is 2.47 bits per heavy atom. The Balaban J connectivity index is 2.21. The molecule has 0 bridgehead atoms. The van der Waals surface area contributed by atoms with Crippen molar-refractivity contribution in [3.05, 3.63) is 22.7 Å². The normalized spacial score (nSPS) is 20.5. The number of hydrogen-bond acceptors (Lipinski definition) is 4. The minimum atomic E-state index is -0.0363. The number of aryl methyl sites for hydroxylation is 1. The zero-order chi connectivity index (χ0) is 10.8. The average Bonchev–Trinajstić information content (AvgIpc) is 2.74. The topological polar surface area (TPSA) is 47.4 Å². The third-order valence-corrected chi connectivity index (χ3v) is 2.78. The molecule has 1 fully saturated rings. The predicted molar refractivity (Wildman–Crippen MR) is 57.1 cm³/mol.